The Balaban J connectivity index is 1.70. The number of aryl methyl sites for hydroxylation is 1. The normalized spacial score (nSPS) is 24.3. The summed E-state index contributed by atoms with van der Waals surface area (Å²) in [6.07, 6.45) is 8.01. The van der Waals surface area contributed by atoms with Gasteiger partial charge in [0.05, 0.1) is 23.6 Å². The molecule has 2 aliphatic rings. The van der Waals surface area contributed by atoms with Gasteiger partial charge in [0.15, 0.2) is 0 Å². The predicted molar refractivity (Wildman–Crippen MR) is 82.9 cm³/mol. The summed E-state index contributed by atoms with van der Waals surface area (Å²) < 4.78 is 15.4. The Kier molecular flexibility index (Phi) is 3.26. The zero-order valence-corrected chi connectivity index (χ0v) is 12.8. The molecule has 0 spiro atoms. The summed E-state index contributed by atoms with van der Waals surface area (Å²) >= 11 is 0. The molecule has 0 amide bonds. The van der Waals surface area contributed by atoms with Gasteiger partial charge < -0.3 is 5.73 Å². The standard InChI is InChI=1S/C17H21FN4/c1-10-4-13(18)8-20-16(10)15-9-22(14-5-11(6-14)7-19)21-17(15)12-2-3-12/h4,8-9,11-12,14H,2-3,5-7,19H2,1H3. The van der Waals surface area contributed by atoms with E-state index in [1.807, 2.05) is 6.92 Å². The molecule has 4 nitrogen and oxygen atoms in total. The van der Waals surface area contributed by atoms with Crippen molar-refractivity contribution in [1.82, 2.24) is 14.8 Å². The van der Waals surface area contributed by atoms with E-state index >= 15 is 0 Å². The lowest BCUT2D eigenvalue weighted by atomic mass is 9.80. The van der Waals surface area contributed by atoms with Crippen molar-refractivity contribution in [3.8, 4) is 11.3 Å². The van der Waals surface area contributed by atoms with Crippen molar-refractivity contribution >= 4 is 0 Å². The third kappa shape index (κ3) is 2.33. The van der Waals surface area contributed by atoms with Crippen LogP contribution in [-0.2, 0) is 0 Å². The lowest BCUT2D eigenvalue weighted by molar-refractivity contribution is 0.189. The Morgan fingerprint density at radius 1 is 1.36 bits per heavy atom. The minimum atomic E-state index is -0.286. The molecule has 22 heavy (non-hydrogen) atoms. The number of hydrogen-bond acceptors (Lipinski definition) is 3. The minimum Gasteiger partial charge on any atom is -0.330 e. The summed E-state index contributed by atoms with van der Waals surface area (Å²) in [6, 6.07) is 2.00. The van der Waals surface area contributed by atoms with Crippen LogP contribution in [0.15, 0.2) is 18.5 Å². The molecule has 0 bridgehead atoms. The predicted octanol–water partition coefficient (Wildman–Crippen LogP) is 3.18. The number of nitrogens with two attached hydrogens (primary N) is 1. The van der Waals surface area contributed by atoms with Crippen LogP contribution in [0.1, 0.15) is 48.9 Å². The fourth-order valence-corrected chi connectivity index (χ4v) is 3.36. The lowest BCUT2D eigenvalue weighted by Gasteiger charge is -2.34. The van der Waals surface area contributed by atoms with E-state index in [-0.39, 0.29) is 5.82 Å². The molecule has 0 aromatic carbocycles. The van der Waals surface area contributed by atoms with Crippen LogP contribution in [-0.4, -0.2) is 21.3 Å². The van der Waals surface area contributed by atoms with Crippen molar-refractivity contribution in [3.05, 3.63) is 35.5 Å². The maximum absolute atomic E-state index is 13.3. The SMILES string of the molecule is Cc1cc(F)cnc1-c1cn(C2CC(CN)C2)nc1C1CC1. The van der Waals surface area contributed by atoms with E-state index in [0.717, 1.165) is 41.9 Å². The van der Waals surface area contributed by atoms with Gasteiger partial charge in [0.1, 0.15) is 5.82 Å². The molecule has 5 heteroatoms. The van der Waals surface area contributed by atoms with Crippen molar-refractivity contribution in [1.29, 1.82) is 0 Å². The van der Waals surface area contributed by atoms with Gasteiger partial charge in [-0.2, -0.15) is 5.10 Å². The Labute approximate surface area is 129 Å². The van der Waals surface area contributed by atoms with E-state index in [1.54, 1.807) is 6.07 Å². The molecule has 0 saturated heterocycles. The van der Waals surface area contributed by atoms with Gasteiger partial charge in [0, 0.05) is 17.7 Å². The largest absolute Gasteiger partial charge is 0.330 e. The van der Waals surface area contributed by atoms with Crippen molar-refractivity contribution in [2.45, 2.75) is 44.6 Å². The van der Waals surface area contributed by atoms with Crippen molar-refractivity contribution in [2.75, 3.05) is 6.54 Å². The highest BCUT2D eigenvalue weighted by Gasteiger charge is 2.34. The van der Waals surface area contributed by atoms with Gasteiger partial charge in [0.25, 0.3) is 0 Å². The number of hydrogen-bond donors (Lipinski definition) is 1. The minimum absolute atomic E-state index is 0.286. The fourth-order valence-electron chi connectivity index (χ4n) is 3.36. The number of aromatic nitrogens is 3. The molecule has 0 atom stereocenters. The molecule has 0 unspecified atom stereocenters. The summed E-state index contributed by atoms with van der Waals surface area (Å²) in [5.41, 5.74) is 9.67. The van der Waals surface area contributed by atoms with E-state index in [4.69, 9.17) is 10.8 Å². The summed E-state index contributed by atoms with van der Waals surface area (Å²) in [6.45, 7) is 2.67. The number of nitrogens with zero attached hydrogens (tertiary/aromatic N) is 3. The number of pyridine rings is 1. The van der Waals surface area contributed by atoms with Crippen LogP contribution in [0.4, 0.5) is 4.39 Å². The number of rotatable bonds is 4. The average Bonchev–Trinajstić information content (AvgIpc) is 3.19. The Bertz CT molecular complexity index is 699. The summed E-state index contributed by atoms with van der Waals surface area (Å²) in [5.74, 6) is 0.895. The van der Waals surface area contributed by atoms with Crippen LogP contribution in [0.25, 0.3) is 11.3 Å². The molecule has 2 aromatic heterocycles. The second-order valence-corrected chi connectivity index (χ2v) is 6.73. The third-order valence-corrected chi connectivity index (χ3v) is 4.94. The first-order valence-corrected chi connectivity index (χ1v) is 8.07. The molecule has 2 saturated carbocycles. The van der Waals surface area contributed by atoms with E-state index in [9.17, 15) is 4.39 Å². The van der Waals surface area contributed by atoms with Gasteiger partial charge in [-0.25, -0.2) is 4.39 Å². The van der Waals surface area contributed by atoms with E-state index in [1.165, 1.54) is 19.0 Å². The first-order chi connectivity index (χ1) is 10.7. The molecule has 2 aromatic rings. The van der Waals surface area contributed by atoms with Crippen molar-refractivity contribution in [2.24, 2.45) is 11.7 Å². The van der Waals surface area contributed by atoms with Gasteiger partial charge in [-0.05, 0) is 56.7 Å². The fraction of sp³-hybridized carbons (Fsp3) is 0.529. The van der Waals surface area contributed by atoms with Crippen LogP contribution in [0.5, 0.6) is 0 Å². The highest BCUT2D eigenvalue weighted by molar-refractivity contribution is 5.66. The second kappa shape index (κ2) is 5.16. The molecule has 116 valence electrons. The molecule has 4 rings (SSSR count). The molecule has 0 aliphatic heterocycles. The first kappa shape index (κ1) is 13.9. The molecule has 2 aliphatic carbocycles. The zero-order chi connectivity index (χ0) is 15.3. The highest BCUT2D eigenvalue weighted by Crippen LogP contribution is 2.45. The Hall–Kier alpha value is -1.75. The Morgan fingerprint density at radius 2 is 2.14 bits per heavy atom. The summed E-state index contributed by atoms with van der Waals surface area (Å²) in [5, 5.41) is 4.84. The summed E-state index contributed by atoms with van der Waals surface area (Å²) in [7, 11) is 0. The first-order valence-electron chi connectivity index (χ1n) is 8.07. The Morgan fingerprint density at radius 3 is 2.77 bits per heavy atom. The molecular formula is C17H21FN4. The van der Waals surface area contributed by atoms with Gasteiger partial charge in [-0.3, -0.25) is 9.67 Å². The topological polar surface area (TPSA) is 56.7 Å². The third-order valence-electron chi connectivity index (χ3n) is 4.94. The number of halogens is 1. The molecular weight excluding hydrogens is 279 g/mol. The quantitative estimate of drug-likeness (QED) is 0.943. The van der Waals surface area contributed by atoms with Crippen molar-refractivity contribution < 1.29 is 4.39 Å². The molecule has 2 fully saturated rings. The van der Waals surface area contributed by atoms with Gasteiger partial charge in [-0.1, -0.05) is 0 Å². The van der Waals surface area contributed by atoms with Crippen LogP contribution < -0.4 is 5.73 Å². The maximum Gasteiger partial charge on any atom is 0.141 e. The van der Waals surface area contributed by atoms with E-state index in [0.29, 0.717) is 17.9 Å². The van der Waals surface area contributed by atoms with Gasteiger partial charge in [-0.15, -0.1) is 0 Å². The summed E-state index contributed by atoms with van der Waals surface area (Å²) in [4.78, 5) is 4.32. The second-order valence-electron chi connectivity index (χ2n) is 6.73. The molecule has 2 N–H and O–H groups in total. The van der Waals surface area contributed by atoms with Gasteiger partial charge >= 0.3 is 0 Å². The average molecular weight is 300 g/mol. The highest BCUT2D eigenvalue weighted by atomic mass is 19.1. The monoisotopic (exact) mass is 300 g/mol. The maximum atomic E-state index is 13.3. The van der Waals surface area contributed by atoms with Crippen LogP contribution >= 0.6 is 0 Å². The lowest BCUT2D eigenvalue weighted by Crippen LogP contribution is -2.32. The van der Waals surface area contributed by atoms with Gasteiger partial charge in [0.2, 0.25) is 0 Å². The van der Waals surface area contributed by atoms with Crippen molar-refractivity contribution in [3.63, 3.8) is 0 Å². The molecule has 0 radical (unpaired) electrons. The van der Waals surface area contributed by atoms with Crippen LogP contribution in [0, 0.1) is 18.7 Å². The van der Waals surface area contributed by atoms with Crippen LogP contribution in [0.3, 0.4) is 0 Å². The molecule has 2 heterocycles. The smallest absolute Gasteiger partial charge is 0.141 e. The zero-order valence-electron chi connectivity index (χ0n) is 12.8. The van der Waals surface area contributed by atoms with E-state index < -0.39 is 0 Å². The van der Waals surface area contributed by atoms with E-state index in [2.05, 4.69) is 15.9 Å². The van der Waals surface area contributed by atoms with Crippen LogP contribution in [0.2, 0.25) is 0 Å².